The number of hydrogen-bond donors (Lipinski definition) is 1. The van der Waals surface area contributed by atoms with Gasteiger partial charge in [0.05, 0.1) is 11.3 Å². The maximum Gasteiger partial charge on any atom is 0.103 e. The van der Waals surface area contributed by atoms with E-state index in [1.807, 2.05) is 25.2 Å². The second-order valence-corrected chi connectivity index (χ2v) is 5.15. The molecule has 1 aromatic rings. The molecule has 0 saturated carbocycles. The number of halogens is 1. The predicted molar refractivity (Wildman–Crippen MR) is 73.2 cm³/mol. The molecule has 0 radical (unpaired) electrons. The number of benzene rings is 1. The van der Waals surface area contributed by atoms with Crippen LogP contribution >= 0.6 is 15.9 Å². The minimum Gasteiger partial charge on any atom is -0.366 e. The van der Waals surface area contributed by atoms with E-state index < -0.39 is 0 Å². The van der Waals surface area contributed by atoms with Crippen LogP contribution in [-0.4, -0.2) is 26.2 Å². The molecule has 1 atom stereocenters. The topological polar surface area (TPSA) is 39.1 Å². The van der Waals surface area contributed by atoms with Gasteiger partial charge in [-0.3, -0.25) is 0 Å². The number of anilines is 1. The minimum absolute atomic E-state index is 0.501. The highest BCUT2D eigenvalue weighted by Crippen LogP contribution is 2.32. The molecule has 1 unspecified atom stereocenters. The van der Waals surface area contributed by atoms with Gasteiger partial charge in [0.1, 0.15) is 6.07 Å². The third kappa shape index (κ3) is 2.46. The lowest BCUT2D eigenvalue weighted by Gasteiger charge is -2.27. The van der Waals surface area contributed by atoms with Crippen molar-refractivity contribution in [2.24, 2.45) is 0 Å². The summed E-state index contributed by atoms with van der Waals surface area (Å²) in [6, 6.07) is 8.75. The zero-order valence-corrected chi connectivity index (χ0v) is 11.5. The van der Waals surface area contributed by atoms with E-state index in [0.717, 1.165) is 28.8 Å². The fraction of sp³-hybridized carbons (Fsp3) is 0.462. The van der Waals surface area contributed by atoms with Crippen LogP contribution in [-0.2, 0) is 0 Å². The molecule has 1 aromatic carbocycles. The van der Waals surface area contributed by atoms with E-state index in [9.17, 15) is 5.26 Å². The Morgan fingerprint density at radius 3 is 3.12 bits per heavy atom. The van der Waals surface area contributed by atoms with Gasteiger partial charge in [-0.25, -0.2) is 0 Å². The van der Waals surface area contributed by atoms with Crippen LogP contribution in [0.15, 0.2) is 22.7 Å². The molecule has 2 rings (SSSR count). The summed E-state index contributed by atoms with van der Waals surface area (Å²) in [5, 5.41) is 12.5. The zero-order valence-electron chi connectivity index (χ0n) is 9.91. The van der Waals surface area contributed by atoms with Crippen LogP contribution in [0.4, 0.5) is 5.69 Å². The van der Waals surface area contributed by atoms with Gasteiger partial charge in [0.15, 0.2) is 0 Å². The lowest BCUT2D eigenvalue weighted by molar-refractivity contribution is 0.615. The number of nitriles is 1. The molecule has 0 aromatic heterocycles. The van der Waals surface area contributed by atoms with Crippen LogP contribution < -0.4 is 10.2 Å². The predicted octanol–water partition coefficient (Wildman–Crippen LogP) is 2.51. The van der Waals surface area contributed by atoms with Crippen molar-refractivity contribution in [3.05, 3.63) is 28.2 Å². The summed E-state index contributed by atoms with van der Waals surface area (Å²) in [7, 11) is 1.97. The lowest BCUT2D eigenvalue weighted by atomic mass is 10.1. The second-order valence-electron chi connectivity index (χ2n) is 4.29. The van der Waals surface area contributed by atoms with Crippen molar-refractivity contribution in [3.8, 4) is 6.07 Å². The van der Waals surface area contributed by atoms with Gasteiger partial charge in [0.25, 0.3) is 0 Å². The van der Waals surface area contributed by atoms with E-state index in [1.165, 1.54) is 12.8 Å². The molecule has 1 heterocycles. The van der Waals surface area contributed by atoms with E-state index in [1.54, 1.807) is 0 Å². The zero-order chi connectivity index (χ0) is 12.3. The highest BCUT2D eigenvalue weighted by Gasteiger charge is 2.26. The Bertz CT molecular complexity index is 439. The van der Waals surface area contributed by atoms with Gasteiger partial charge in [-0.2, -0.15) is 5.26 Å². The van der Waals surface area contributed by atoms with Crippen LogP contribution in [0, 0.1) is 11.3 Å². The third-order valence-electron chi connectivity index (χ3n) is 3.23. The van der Waals surface area contributed by atoms with Gasteiger partial charge in [-0.05, 0) is 48.0 Å². The maximum atomic E-state index is 9.25. The molecule has 90 valence electrons. The molecule has 3 nitrogen and oxygen atoms in total. The van der Waals surface area contributed by atoms with Crippen molar-refractivity contribution in [1.82, 2.24) is 5.32 Å². The summed E-state index contributed by atoms with van der Waals surface area (Å²) < 4.78 is 0.882. The van der Waals surface area contributed by atoms with Crippen molar-refractivity contribution in [1.29, 1.82) is 5.26 Å². The molecule has 17 heavy (non-hydrogen) atoms. The average molecular weight is 294 g/mol. The van der Waals surface area contributed by atoms with Gasteiger partial charge in [0.2, 0.25) is 0 Å². The molecule has 1 fully saturated rings. The minimum atomic E-state index is 0.501. The van der Waals surface area contributed by atoms with Gasteiger partial charge in [0, 0.05) is 23.6 Å². The summed E-state index contributed by atoms with van der Waals surface area (Å²) in [6.07, 6.45) is 2.39. The number of likely N-dealkylation sites (N-methyl/N-ethyl adjacent to an activating group) is 1. The van der Waals surface area contributed by atoms with E-state index in [4.69, 9.17) is 0 Å². The first kappa shape index (κ1) is 12.4. The highest BCUT2D eigenvalue weighted by molar-refractivity contribution is 9.10. The molecular formula is C13H16BrN3. The maximum absolute atomic E-state index is 9.25. The monoisotopic (exact) mass is 293 g/mol. The first-order chi connectivity index (χ1) is 8.27. The summed E-state index contributed by atoms with van der Waals surface area (Å²) in [6.45, 7) is 2.01. The Kier molecular flexibility index (Phi) is 4.03. The Hall–Kier alpha value is -1.05. The molecule has 1 aliphatic rings. The van der Waals surface area contributed by atoms with Crippen molar-refractivity contribution in [2.45, 2.75) is 18.9 Å². The quantitative estimate of drug-likeness (QED) is 0.931. The summed E-state index contributed by atoms with van der Waals surface area (Å²) >= 11 is 3.45. The van der Waals surface area contributed by atoms with Gasteiger partial charge in [-0.15, -0.1) is 0 Å². The number of nitrogens with zero attached hydrogens (tertiary/aromatic N) is 2. The summed E-state index contributed by atoms with van der Waals surface area (Å²) in [5.41, 5.74) is 1.80. The Balaban J connectivity index is 2.33. The van der Waals surface area contributed by atoms with Crippen molar-refractivity contribution in [3.63, 3.8) is 0 Å². The third-order valence-corrected chi connectivity index (χ3v) is 3.89. The van der Waals surface area contributed by atoms with Crippen LogP contribution in [0.2, 0.25) is 0 Å². The molecule has 0 spiro atoms. The molecule has 1 aliphatic heterocycles. The number of hydrogen-bond acceptors (Lipinski definition) is 3. The molecular weight excluding hydrogens is 278 g/mol. The van der Waals surface area contributed by atoms with Crippen LogP contribution in [0.3, 0.4) is 0 Å². The van der Waals surface area contributed by atoms with Gasteiger partial charge < -0.3 is 10.2 Å². The number of rotatable bonds is 3. The highest BCUT2D eigenvalue weighted by atomic mass is 79.9. The van der Waals surface area contributed by atoms with E-state index in [0.29, 0.717) is 6.04 Å². The van der Waals surface area contributed by atoms with Crippen LogP contribution in [0.25, 0.3) is 0 Å². The van der Waals surface area contributed by atoms with Crippen LogP contribution in [0.1, 0.15) is 18.4 Å². The fourth-order valence-electron chi connectivity index (χ4n) is 2.46. The summed E-state index contributed by atoms with van der Waals surface area (Å²) in [5.74, 6) is 0. The van der Waals surface area contributed by atoms with Gasteiger partial charge in [-0.1, -0.05) is 6.07 Å². The molecule has 0 bridgehead atoms. The Morgan fingerprint density at radius 2 is 2.41 bits per heavy atom. The Morgan fingerprint density at radius 1 is 1.59 bits per heavy atom. The van der Waals surface area contributed by atoms with Crippen molar-refractivity contribution in [2.75, 3.05) is 25.0 Å². The molecule has 1 N–H and O–H groups in total. The number of nitrogens with one attached hydrogen (secondary N) is 1. The van der Waals surface area contributed by atoms with E-state index in [-0.39, 0.29) is 0 Å². The van der Waals surface area contributed by atoms with Gasteiger partial charge >= 0.3 is 0 Å². The van der Waals surface area contributed by atoms with Crippen molar-refractivity contribution < 1.29 is 0 Å². The molecule has 0 amide bonds. The molecule has 0 aliphatic carbocycles. The summed E-state index contributed by atoms with van der Waals surface area (Å²) in [4.78, 5) is 2.35. The average Bonchev–Trinajstić information content (AvgIpc) is 2.77. The standard InChI is InChI=1S/C13H16BrN3/c1-16-9-10-4-3-7-17(10)13-6-2-5-12(14)11(13)8-15/h2,5-6,10,16H,3-4,7,9H2,1H3. The fourth-order valence-corrected chi connectivity index (χ4v) is 2.91. The normalized spacial score (nSPS) is 19.4. The van der Waals surface area contributed by atoms with E-state index >= 15 is 0 Å². The SMILES string of the molecule is CNCC1CCCN1c1cccc(Br)c1C#N. The molecule has 1 saturated heterocycles. The van der Waals surface area contributed by atoms with E-state index in [2.05, 4.69) is 32.2 Å². The largest absolute Gasteiger partial charge is 0.366 e. The molecule has 4 heteroatoms. The van der Waals surface area contributed by atoms with Crippen LogP contribution in [0.5, 0.6) is 0 Å². The first-order valence-corrected chi connectivity index (χ1v) is 6.67. The second kappa shape index (κ2) is 5.52. The smallest absolute Gasteiger partial charge is 0.103 e. The lowest BCUT2D eigenvalue weighted by Crippen LogP contribution is -2.37. The Labute approximate surface area is 111 Å². The van der Waals surface area contributed by atoms with Crippen molar-refractivity contribution >= 4 is 21.6 Å². The first-order valence-electron chi connectivity index (χ1n) is 5.87.